The molecule has 4 nitrogen and oxygen atoms in total. The van der Waals surface area contributed by atoms with Crippen molar-refractivity contribution in [1.29, 1.82) is 0 Å². The smallest absolute Gasteiger partial charge is 0.129 e. The van der Waals surface area contributed by atoms with Gasteiger partial charge in [-0.1, -0.05) is 146 Å². The summed E-state index contributed by atoms with van der Waals surface area (Å²) in [5, 5.41) is 12.6. The highest BCUT2D eigenvalue weighted by Crippen LogP contribution is 2.36. The number of benzene rings is 5. The third kappa shape index (κ3) is 9.46. The Morgan fingerprint density at radius 1 is 0.435 bits per heavy atom. The molecule has 5 aromatic carbocycles. The molecule has 234 valence electrons. The maximum atomic E-state index is 5.21. The highest BCUT2D eigenvalue weighted by Gasteiger charge is 2.22. The molecule has 0 saturated heterocycles. The summed E-state index contributed by atoms with van der Waals surface area (Å²) in [6.07, 6.45) is 0. The third-order valence-electron chi connectivity index (χ3n) is 7.16. The van der Waals surface area contributed by atoms with Crippen molar-refractivity contribution in [2.24, 2.45) is 9.98 Å². The molecule has 0 bridgehead atoms. The van der Waals surface area contributed by atoms with E-state index >= 15 is 0 Å². The van der Waals surface area contributed by atoms with Crippen molar-refractivity contribution < 1.29 is 0 Å². The lowest BCUT2D eigenvalue weighted by Gasteiger charge is -2.24. The van der Waals surface area contributed by atoms with Crippen molar-refractivity contribution in [2.75, 3.05) is 0 Å². The van der Waals surface area contributed by atoms with Gasteiger partial charge in [-0.15, -0.1) is 0 Å². The van der Waals surface area contributed by atoms with Crippen molar-refractivity contribution in [3.63, 3.8) is 0 Å². The van der Waals surface area contributed by atoms with Gasteiger partial charge in [0, 0.05) is 27.9 Å². The van der Waals surface area contributed by atoms with E-state index in [-0.39, 0.29) is 12.1 Å². The Kier molecular flexibility index (Phi) is 12.3. The van der Waals surface area contributed by atoms with Gasteiger partial charge in [-0.2, -0.15) is 0 Å². The zero-order valence-electron chi connectivity index (χ0n) is 27.2. The van der Waals surface area contributed by atoms with Crippen LogP contribution in [0.4, 0.5) is 0 Å². The number of aliphatic imine (C=N–C) groups is 2. The first-order valence-corrected chi connectivity index (χ1v) is 18.7. The summed E-state index contributed by atoms with van der Waals surface area (Å²) in [6, 6.07) is 52.3. The van der Waals surface area contributed by atoms with Gasteiger partial charge in [0.1, 0.15) is 11.2 Å². The average Bonchev–Trinajstić information content (AvgIpc) is 3.08. The van der Waals surface area contributed by atoms with Crippen LogP contribution >= 0.6 is 15.8 Å². The van der Waals surface area contributed by atoms with Gasteiger partial charge < -0.3 is 10.6 Å². The summed E-state index contributed by atoms with van der Waals surface area (Å²) in [5.74, 6) is 0. The molecule has 0 aliphatic carbocycles. The number of hydrogen-bond donors (Lipinski definition) is 2. The minimum absolute atomic E-state index is 0.280. The van der Waals surface area contributed by atoms with E-state index in [1.165, 1.54) is 32.3 Å². The van der Waals surface area contributed by atoms with E-state index in [0.717, 1.165) is 11.2 Å². The van der Waals surface area contributed by atoms with Gasteiger partial charge in [0.25, 0.3) is 0 Å². The lowest BCUT2D eigenvalue weighted by Crippen LogP contribution is -2.34. The van der Waals surface area contributed by atoms with Gasteiger partial charge in [0.05, 0.1) is 13.1 Å². The molecule has 0 atom stereocenters. The molecule has 0 aliphatic rings. The van der Waals surface area contributed by atoms with E-state index in [1.807, 2.05) is 0 Å². The average molecular weight is 643 g/mol. The van der Waals surface area contributed by atoms with E-state index < -0.39 is 15.8 Å². The molecule has 0 radical (unpaired) electrons. The maximum absolute atomic E-state index is 5.21. The van der Waals surface area contributed by atoms with Gasteiger partial charge in [0.15, 0.2) is 0 Å². The Bertz CT molecular complexity index is 1470. The van der Waals surface area contributed by atoms with Gasteiger partial charge in [-0.25, -0.2) is 0 Å². The molecular formula is C40H44N4P2. The van der Waals surface area contributed by atoms with Gasteiger partial charge >= 0.3 is 0 Å². The first-order valence-electron chi connectivity index (χ1n) is 16.0. The fraction of sp³-hybridized carbons (Fsp3) is 0.200. The lowest BCUT2D eigenvalue weighted by molar-refractivity contribution is 0.735. The fourth-order valence-electron chi connectivity index (χ4n) is 5.06. The van der Waals surface area contributed by atoms with Crippen LogP contribution in [0.1, 0.15) is 38.8 Å². The van der Waals surface area contributed by atoms with Crippen LogP contribution in [0.3, 0.4) is 0 Å². The number of rotatable bonds is 12. The molecule has 0 amide bonds. The predicted octanol–water partition coefficient (Wildman–Crippen LogP) is 7.66. The first kappa shape index (κ1) is 33.3. The van der Waals surface area contributed by atoms with Gasteiger partial charge in [-0.05, 0) is 60.0 Å². The van der Waals surface area contributed by atoms with Crippen LogP contribution in [-0.4, -0.2) is 23.2 Å². The zero-order valence-corrected chi connectivity index (χ0v) is 29.0. The second-order valence-corrected chi connectivity index (χ2v) is 16.0. The highest BCUT2D eigenvalue weighted by molar-refractivity contribution is 7.88. The lowest BCUT2D eigenvalue weighted by atomic mass is 10.1. The normalized spacial score (nSPS) is 12.3. The molecule has 0 unspecified atom stereocenters. The van der Waals surface area contributed by atoms with Crippen LogP contribution in [0, 0.1) is 0 Å². The number of amidine groups is 2. The summed E-state index contributed by atoms with van der Waals surface area (Å²) in [5.41, 5.74) is 4.47. The van der Waals surface area contributed by atoms with E-state index in [2.05, 4.69) is 184 Å². The molecular weight excluding hydrogens is 598 g/mol. The van der Waals surface area contributed by atoms with E-state index in [0.29, 0.717) is 13.1 Å². The fourth-order valence-corrected chi connectivity index (χ4v) is 9.71. The van der Waals surface area contributed by atoms with Crippen molar-refractivity contribution in [3.05, 3.63) is 157 Å². The Morgan fingerprint density at radius 2 is 0.696 bits per heavy atom. The maximum Gasteiger partial charge on any atom is 0.129 e. The number of nitrogens with zero attached hydrogens (tertiary/aromatic N) is 2. The molecule has 0 saturated carbocycles. The second-order valence-electron chi connectivity index (χ2n) is 11.7. The topological polar surface area (TPSA) is 48.8 Å². The molecule has 0 aromatic heterocycles. The van der Waals surface area contributed by atoms with Crippen LogP contribution in [0.15, 0.2) is 156 Å². The van der Waals surface area contributed by atoms with E-state index in [1.54, 1.807) is 0 Å². The van der Waals surface area contributed by atoms with Crippen LogP contribution < -0.4 is 31.9 Å². The molecule has 2 N–H and O–H groups in total. The van der Waals surface area contributed by atoms with E-state index in [9.17, 15) is 0 Å². The standard InChI is InChI=1S/C40H44N4P2/c1-31(2)43-39(45(35-17-9-5-10-18-35)36-19-11-6-12-20-36)41-29-33-25-27-34(28-26-33)30-42-40(44-32(3)4)46(37-21-13-7-14-22-37)38-23-15-8-16-24-38/h5-28,31-32H,29-30H2,1-4H3,(H,41,43)(H,42,44). The zero-order chi connectivity index (χ0) is 32.1. The van der Waals surface area contributed by atoms with Crippen LogP contribution in [-0.2, 0) is 13.1 Å². The summed E-state index contributed by atoms with van der Waals surface area (Å²) in [7, 11) is -1.60. The summed E-state index contributed by atoms with van der Waals surface area (Å²) >= 11 is 0. The van der Waals surface area contributed by atoms with Gasteiger partial charge in [-0.3, -0.25) is 9.98 Å². The number of hydrogen-bond acceptors (Lipinski definition) is 2. The predicted molar refractivity (Wildman–Crippen MR) is 203 cm³/mol. The molecule has 0 aliphatic heterocycles. The third-order valence-corrected chi connectivity index (χ3v) is 11.8. The molecule has 0 heterocycles. The van der Waals surface area contributed by atoms with Crippen molar-refractivity contribution >= 4 is 48.2 Å². The molecule has 0 spiro atoms. The van der Waals surface area contributed by atoms with E-state index in [4.69, 9.17) is 9.98 Å². The van der Waals surface area contributed by atoms with Crippen LogP contribution in [0.25, 0.3) is 0 Å². The van der Waals surface area contributed by atoms with Crippen molar-refractivity contribution in [3.8, 4) is 0 Å². The first-order chi connectivity index (χ1) is 22.5. The van der Waals surface area contributed by atoms with Crippen molar-refractivity contribution in [2.45, 2.75) is 52.9 Å². The Morgan fingerprint density at radius 3 is 0.935 bits per heavy atom. The Hall–Kier alpha value is -4.10. The second kappa shape index (κ2) is 17.0. The molecule has 5 rings (SSSR count). The monoisotopic (exact) mass is 642 g/mol. The molecule has 5 aromatic rings. The minimum Gasteiger partial charge on any atom is -0.367 e. The Labute approximate surface area is 277 Å². The van der Waals surface area contributed by atoms with Crippen LogP contribution in [0.2, 0.25) is 0 Å². The molecule has 6 heteroatoms. The summed E-state index contributed by atoms with van der Waals surface area (Å²) < 4.78 is 0. The summed E-state index contributed by atoms with van der Waals surface area (Å²) in [6.45, 7) is 9.95. The van der Waals surface area contributed by atoms with Crippen LogP contribution in [0.5, 0.6) is 0 Å². The highest BCUT2D eigenvalue weighted by atomic mass is 31.1. The summed E-state index contributed by atoms with van der Waals surface area (Å²) in [4.78, 5) is 10.4. The SMILES string of the molecule is CC(C)NC(=NCc1ccc(CN=C(NC(C)C)P(c2ccccc2)c2ccccc2)cc1)P(c1ccccc1)c1ccccc1. The molecule has 0 fully saturated rings. The van der Waals surface area contributed by atoms with Crippen molar-refractivity contribution in [1.82, 2.24) is 10.6 Å². The minimum atomic E-state index is -0.799. The molecule has 46 heavy (non-hydrogen) atoms. The quantitative estimate of drug-likeness (QED) is 0.0835. The largest absolute Gasteiger partial charge is 0.367 e. The number of nitrogens with one attached hydrogen (secondary N) is 2. The van der Waals surface area contributed by atoms with Gasteiger partial charge in [0.2, 0.25) is 0 Å². The Balaban J connectivity index is 1.39.